The van der Waals surface area contributed by atoms with Crippen molar-refractivity contribution in [2.75, 3.05) is 0 Å². The van der Waals surface area contributed by atoms with Crippen LogP contribution >= 0.6 is 11.8 Å². The van der Waals surface area contributed by atoms with Gasteiger partial charge in [-0.2, -0.15) is 0 Å². The molecule has 0 bridgehead atoms. The zero-order valence-electron chi connectivity index (χ0n) is 12.7. The van der Waals surface area contributed by atoms with Crippen molar-refractivity contribution in [2.24, 2.45) is 0 Å². The molecule has 2 aromatic carbocycles. The first-order valence-corrected chi connectivity index (χ1v) is 8.16. The average molecular weight is 327 g/mol. The Labute approximate surface area is 138 Å². The third kappa shape index (κ3) is 2.97. The van der Waals surface area contributed by atoms with Crippen molar-refractivity contribution in [3.05, 3.63) is 65.7 Å². The molecule has 5 heteroatoms. The highest BCUT2D eigenvalue weighted by Crippen LogP contribution is 2.48. The number of carbonyl (C=O) groups is 2. The van der Waals surface area contributed by atoms with E-state index in [0.717, 1.165) is 16.0 Å². The first kappa shape index (κ1) is 15.6. The fourth-order valence-electron chi connectivity index (χ4n) is 2.82. The van der Waals surface area contributed by atoms with Crippen molar-refractivity contribution < 1.29 is 14.7 Å². The summed E-state index contributed by atoms with van der Waals surface area (Å²) in [5, 5.41) is 12.7. The normalized spacial score (nSPS) is 23.5. The lowest BCUT2D eigenvalue weighted by molar-refractivity contribution is -0.140. The first-order valence-electron chi connectivity index (χ1n) is 7.35. The standard InChI is InChI=1S/C18H17NO3S/c1-12-7-9-14(10-8-12)23-18(17(21)22)11-15(20)19-16(18)13-5-3-2-4-6-13/h2-10,16H,11H2,1H3,(H,19,20)(H,21,22)/t16-,18-/m1/s1. The van der Waals surface area contributed by atoms with Crippen LogP contribution in [-0.4, -0.2) is 21.7 Å². The fourth-order valence-corrected chi connectivity index (χ4v) is 4.12. The average Bonchev–Trinajstić information content (AvgIpc) is 2.88. The zero-order chi connectivity index (χ0) is 16.4. The maximum Gasteiger partial charge on any atom is 0.323 e. The second-order valence-corrected chi connectivity index (χ2v) is 7.10. The van der Waals surface area contributed by atoms with Gasteiger partial charge >= 0.3 is 5.97 Å². The third-order valence-corrected chi connectivity index (χ3v) is 5.44. The largest absolute Gasteiger partial charge is 0.480 e. The van der Waals surface area contributed by atoms with E-state index in [-0.39, 0.29) is 12.3 Å². The minimum atomic E-state index is -1.24. The Kier molecular flexibility index (Phi) is 4.13. The molecule has 4 nitrogen and oxygen atoms in total. The van der Waals surface area contributed by atoms with E-state index >= 15 is 0 Å². The van der Waals surface area contributed by atoms with Crippen LogP contribution in [0.25, 0.3) is 0 Å². The Morgan fingerprint density at radius 2 is 1.83 bits per heavy atom. The van der Waals surface area contributed by atoms with E-state index in [0.29, 0.717) is 0 Å². The quantitative estimate of drug-likeness (QED) is 0.905. The molecule has 0 radical (unpaired) electrons. The number of hydrogen-bond donors (Lipinski definition) is 2. The van der Waals surface area contributed by atoms with Crippen LogP contribution in [0.3, 0.4) is 0 Å². The molecule has 1 amide bonds. The third-order valence-electron chi connectivity index (χ3n) is 4.01. The van der Waals surface area contributed by atoms with Crippen LogP contribution in [-0.2, 0) is 9.59 Å². The SMILES string of the molecule is Cc1ccc(S[C@]2(C(=O)O)CC(=O)N[C@@H]2c2ccccc2)cc1. The van der Waals surface area contributed by atoms with Gasteiger partial charge in [-0.3, -0.25) is 9.59 Å². The summed E-state index contributed by atoms with van der Waals surface area (Å²) in [4.78, 5) is 25.0. The molecule has 0 saturated carbocycles. The molecule has 1 aliphatic rings. The summed E-state index contributed by atoms with van der Waals surface area (Å²) in [7, 11) is 0. The van der Waals surface area contributed by atoms with E-state index in [1.807, 2.05) is 61.5 Å². The van der Waals surface area contributed by atoms with E-state index in [4.69, 9.17) is 0 Å². The lowest BCUT2D eigenvalue weighted by atomic mass is 9.93. The maximum atomic E-state index is 12.1. The molecule has 3 rings (SSSR count). The van der Waals surface area contributed by atoms with Gasteiger partial charge in [0.1, 0.15) is 0 Å². The Morgan fingerprint density at radius 1 is 1.17 bits per heavy atom. The Hall–Kier alpha value is -2.27. The number of hydrogen-bond acceptors (Lipinski definition) is 3. The van der Waals surface area contributed by atoms with E-state index in [1.165, 1.54) is 11.8 Å². The predicted molar refractivity (Wildman–Crippen MR) is 89.3 cm³/mol. The summed E-state index contributed by atoms with van der Waals surface area (Å²) < 4.78 is -1.24. The summed E-state index contributed by atoms with van der Waals surface area (Å²) >= 11 is 1.24. The Bertz CT molecular complexity index is 730. The lowest BCUT2D eigenvalue weighted by Crippen LogP contribution is -2.40. The topological polar surface area (TPSA) is 66.4 Å². The van der Waals surface area contributed by atoms with Crippen LogP contribution in [0.5, 0.6) is 0 Å². The number of aryl methyl sites for hydroxylation is 1. The van der Waals surface area contributed by atoms with Gasteiger partial charge in [-0.15, -0.1) is 11.8 Å². The minimum absolute atomic E-state index is 0.0412. The van der Waals surface area contributed by atoms with Gasteiger partial charge in [0.25, 0.3) is 0 Å². The fraction of sp³-hybridized carbons (Fsp3) is 0.222. The number of nitrogens with one attached hydrogen (secondary N) is 1. The van der Waals surface area contributed by atoms with Crippen LogP contribution in [0.2, 0.25) is 0 Å². The molecule has 23 heavy (non-hydrogen) atoms. The van der Waals surface area contributed by atoms with Crippen molar-refractivity contribution in [2.45, 2.75) is 29.0 Å². The van der Waals surface area contributed by atoms with Gasteiger partial charge < -0.3 is 10.4 Å². The van der Waals surface area contributed by atoms with Crippen LogP contribution in [0.15, 0.2) is 59.5 Å². The summed E-state index contributed by atoms with van der Waals surface area (Å²) in [6.07, 6.45) is -0.0412. The maximum absolute atomic E-state index is 12.1. The second-order valence-electron chi connectivity index (χ2n) is 5.70. The molecule has 1 fully saturated rings. The van der Waals surface area contributed by atoms with Crippen molar-refractivity contribution >= 4 is 23.6 Å². The highest BCUT2D eigenvalue weighted by Gasteiger charge is 2.54. The smallest absolute Gasteiger partial charge is 0.323 e. The lowest BCUT2D eigenvalue weighted by Gasteiger charge is -2.29. The molecule has 118 valence electrons. The van der Waals surface area contributed by atoms with Crippen LogP contribution < -0.4 is 5.32 Å². The Balaban J connectivity index is 2.02. The Morgan fingerprint density at radius 3 is 2.43 bits per heavy atom. The number of thioether (sulfide) groups is 1. The van der Waals surface area contributed by atoms with Crippen molar-refractivity contribution in [1.29, 1.82) is 0 Å². The van der Waals surface area contributed by atoms with Gasteiger partial charge in [0.05, 0.1) is 12.5 Å². The number of benzene rings is 2. The zero-order valence-corrected chi connectivity index (χ0v) is 13.5. The van der Waals surface area contributed by atoms with E-state index in [2.05, 4.69) is 5.32 Å². The summed E-state index contributed by atoms with van der Waals surface area (Å²) in [6.45, 7) is 1.98. The van der Waals surface area contributed by atoms with Gasteiger partial charge in [-0.05, 0) is 24.6 Å². The van der Waals surface area contributed by atoms with Crippen LogP contribution in [0.1, 0.15) is 23.6 Å². The molecule has 1 aliphatic heterocycles. The van der Waals surface area contributed by atoms with Gasteiger partial charge in [-0.25, -0.2) is 0 Å². The number of amides is 1. The minimum Gasteiger partial charge on any atom is -0.480 e. The molecule has 2 atom stereocenters. The van der Waals surface area contributed by atoms with Gasteiger partial charge in [-0.1, -0.05) is 48.0 Å². The van der Waals surface area contributed by atoms with Crippen molar-refractivity contribution in [1.82, 2.24) is 5.32 Å². The number of carboxylic acid groups (broad SMARTS) is 1. The summed E-state index contributed by atoms with van der Waals surface area (Å²) in [5.74, 6) is -1.21. The predicted octanol–water partition coefficient (Wildman–Crippen LogP) is 3.17. The number of carbonyl (C=O) groups excluding carboxylic acids is 1. The molecule has 0 aliphatic carbocycles. The molecule has 2 aromatic rings. The molecular formula is C18H17NO3S. The van der Waals surface area contributed by atoms with Crippen molar-refractivity contribution in [3.63, 3.8) is 0 Å². The number of carboxylic acids is 1. The van der Waals surface area contributed by atoms with Gasteiger partial charge in [0, 0.05) is 4.90 Å². The molecule has 2 N–H and O–H groups in total. The van der Waals surface area contributed by atoms with Gasteiger partial charge in [0.15, 0.2) is 4.75 Å². The number of rotatable bonds is 4. The van der Waals surface area contributed by atoms with E-state index in [1.54, 1.807) is 0 Å². The van der Waals surface area contributed by atoms with Gasteiger partial charge in [0.2, 0.25) is 5.91 Å². The van der Waals surface area contributed by atoms with Crippen molar-refractivity contribution in [3.8, 4) is 0 Å². The summed E-state index contributed by atoms with van der Waals surface area (Å²) in [5.41, 5.74) is 1.92. The molecule has 0 spiro atoms. The van der Waals surface area contributed by atoms with E-state index < -0.39 is 16.8 Å². The second kappa shape index (κ2) is 6.08. The molecule has 0 aromatic heterocycles. The highest BCUT2D eigenvalue weighted by molar-refractivity contribution is 8.01. The van der Waals surface area contributed by atoms with E-state index in [9.17, 15) is 14.7 Å². The monoisotopic (exact) mass is 327 g/mol. The molecule has 1 saturated heterocycles. The van der Waals surface area contributed by atoms with Crippen LogP contribution in [0.4, 0.5) is 0 Å². The number of aliphatic carboxylic acids is 1. The first-order chi connectivity index (χ1) is 11.0. The molecule has 0 unspecified atom stereocenters. The molecular weight excluding hydrogens is 310 g/mol. The highest BCUT2D eigenvalue weighted by atomic mass is 32.2. The summed E-state index contributed by atoms with van der Waals surface area (Å²) in [6, 6.07) is 16.4. The van der Waals surface area contributed by atoms with Crippen LogP contribution in [0, 0.1) is 6.92 Å². The molecule has 1 heterocycles.